The maximum Gasteiger partial charge on any atom is 0.349 e. The third kappa shape index (κ3) is 9.63. The number of esters is 4. The smallest absolute Gasteiger partial charge is 0.349 e. The van der Waals surface area contributed by atoms with E-state index in [1.54, 1.807) is 18.2 Å². The molecule has 0 spiro atoms. The number of methoxy groups -OCH3 is 1. The van der Waals surface area contributed by atoms with Crippen LogP contribution in [0.5, 0.6) is 17.2 Å². The average molecular weight is 769 g/mol. The van der Waals surface area contributed by atoms with Crippen molar-refractivity contribution in [3.63, 3.8) is 0 Å². The molecule has 14 nitrogen and oxygen atoms in total. The summed E-state index contributed by atoms with van der Waals surface area (Å²) in [5.74, 6) is -1.97. The fourth-order valence-corrected chi connectivity index (χ4v) is 7.48. The van der Waals surface area contributed by atoms with E-state index in [4.69, 9.17) is 39.7 Å². The van der Waals surface area contributed by atoms with Crippen LogP contribution in [-0.2, 0) is 44.7 Å². The molecule has 2 saturated carbocycles. The summed E-state index contributed by atoms with van der Waals surface area (Å²) in [7, 11) is 1.42. The molecular weight excluding hydrogens is 724 g/mol. The minimum atomic E-state index is -0.954. The molecule has 0 bridgehead atoms. The first kappa shape index (κ1) is 40.1. The van der Waals surface area contributed by atoms with Crippen LogP contribution in [0.4, 0.5) is 0 Å². The number of hydrogen-bond acceptors (Lipinski definition) is 13. The molecular formula is C42H44N2O12. The minimum Gasteiger partial charge on any atom is -0.496 e. The van der Waals surface area contributed by atoms with E-state index in [0.29, 0.717) is 22.4 Å². The van der Waals surface area contributed by atoms with Crippen molar-refractivity contribution in [3.8, 4) is 23.3 Å². The van der Waals surface area contributed by atoms with Gasteiger partial charge in [0.2, 0.25) is 0 Å². The van der Waals surface area contributed by atoms with Crippen LogP contribution in [0.15, 0.2) is 47.7 Å². The van der Waals surface area contributed by atoms with Gasteiger partial charge < -0.3 is 38.3 Å². The molecule has 2 aliphatic heterocycles. The Morgan fingerprint density at radius 3 is 1.86 bits per heavy atom. The highest BCUT2D eigenvalue weighted by Crippen LogP contribution is 2.34. The Balaban J connectivity index is 1.05. The standard InChI is InChI=1S/C42H44N2O12/c1-44-33(19-28-14-16-32(20-34(28)50-2)54-40(47)26-11-7-4-8-12-26)42(49)56-36-24-52-37-35(23-51-38(36)37)55-41(48)29(21-43)17-27-13-15-31(18-30(27)22-45)53-39(46)25-9-5-3-6-10-25/h13-20,25-26,35-38,45H,3-12,22-24H2,2H3/b29-17+,33-19-/t35-,36+,37+,38+/m0/s1. The van der Waals surface area contributed by atoms with Crippen molar-refractivity contribution in [1.82, 2.24) is 0 Å². The molecule has 4 fully saturated rings. The van der Waals surface area contributed by atoms with Crippen LogP contribution in [0.1, 0.15) is 80.9 Å². The topological polar surface area (TPSA) is 181 Å². The maximum absolute atomic E-state index is 13.2. The van der Waals surface area contributed by atoms with Crippen LogP contribution in [0, 0.1) is 29.7 Å². The van der Waals surface area contributed by atoms with Crippen LogP contribution in [0.3, 0.4) is 0 Å². The number of fused-ring (bicyclic) bond motifs is 1. The van der Waals surface area contributed by atoms with Crippen molar-refractivity contribution >= 4 is 36.0 Å². The summed E-state index contributed by atoms with van der Waals surface area (Å²) in [4.78, 5) is 54.9. The van der Waals surface area contributed by atoms with E-state index in [0.717, 1.165) is 64.2 Å². The van der Waals surface area contributed by atoms with E-state index in [2.05, 4.69) is 4.85 Å². The first-order valence-electron chi connectivity index (χ1n) is 18.9. The molecule has 2 aromatic carbocycles. The summed E-state index contributed by atoms with van der Waals surface area (Å²) in [6.07, 6.45) is 8.40. The van der Waals surface area contributed by atoms with Crippen LogP contribution < -0.4 is 14.2 Å². The summed E-state index contributed by atoms with van der Waals surface area (Å²) < 4.78 is 39.4. The average Bonchev–Trinajstić information content (AvgIpc) is 3.82. The lowest BCUT2D eigenvalue weighted by atomic mass is 9.89. The van der Waals surface area contributed by atoms with Gasteiger partial charge in [0.1, 0.15) is 41.1 Å². The number of rotatable bonds is 12. The monoisotopic (exact) mass is 768 g/mol. The Kier molecular flexibility index (Phi) is 13.5. The van der Waals surface area contributed by atoms with E-state index >= 15 is 0 Å². The fourth-order valence-electron chi connectivity index (χ4n) is 7.48. The molecule has 2 heterocycles. The third-order valence-electron chi connectivity index (χ3n) is 10.5. The lowest BCUT2D eigenvalue weighted by Gasteiger charge is -2.20. The molecule has 2 saturated heterocycles. The van der Waals surface area contributed by atoms with Gasteiger partial charge in [0.05, 0.1) is 45.3 Å². The zero-order valence-corrected chi connectivity index (χ0v) is 31.1. The van der Waals surface area contributed by atoms with Crippen molar-refractivity contribution in [3.05, 3.63) is 75.8 Å². The van der Waals surface area contributed by atoms with Gasteiger partial charge in [-0.05, 0) is 73.2 Å². The normalized spacial score (nSPS) is 22.9. The Labute approximate surface area is 324 Å². The largest absolute Gasteiger partial charge is 0.496 e. The molecule has 14 heteroatoms. The Morgan fingerprint density at radius 1 is 0.804 bits per heavy atom. The molecule has 56 heavy (non-hydrogen) atoms. The van der Waals surface area contributed by atoms with Crippen LogP contribution in [0.2, 0.25) is 0 Å². The molecule has 0 aromatic heterocycles. The third-order valence-corrected chi connectivity index (χ3v) is 10.5. The summed E-state index contributed by atoms with van der Waals surface area (Å²) in [5, 5.41) is 19.8. The zero-order chi connectivity index (χ0) is 39.6. The van der Waals surface area contributed by atoms with E-state index < -0.39 is 43.0 Å². The van der Waals surface area contributed by atoms with Gasteiger partial charge in [-0.3, -0.25) is 14.4 Å². The number of aliphatic hydroxyl groups excluding tert-OH is 1. The fraction of sp³-hybridized carbons (Fsp3) is 0.476. The van der Waals surface area contributed by atoms with Gasteiger partial charge in [0, 0.05) is 11.6 Å². The van der Waals surface area contributed by atoms with Gasteiger partial charge in [0.15, 0.2) is 12.2 Å². The number of nitrogens with zero attached hydrogens (tertiary/aromatic N) is 2. The van der Waals surface area contributed by atoms with Crippen LogP contribution in [-0.4, -0.2) is 73.7 Å². The lowest BCUT2D eigenvalue weighted by Crippen LogP contribution is -2.36. The van der Waals surface area contributed by atoms with Gasteiger partial charge in [0.25, 0.3) is 5.70 Å². The van der Waals surface area contributed by atoms with Crippen LogP contribution in [0.25, 0.3) is 17.0 Å². The van der Waals surface area contributed by atoms with E-state index in [1.165, 1.54) is 37.5 Å². The number of carbonyl (C=O) groups excluding carboxylic acids is 4. The molecule has 4 atom stereocenters. The van der Waals surface area contributed by atoms with Gasteiger partial charge in [-0.25, -0.2) is 9.64 Å². The highest BCUT2D eigenvalue weighted by atomic mass is 16.7. The van der Waals surface area contributed by atoms with E-state index in [-0.39, 0.29) is 59.8 Å². The Morgan fingerprint density at radius 2 is 1.34 bits per heavy atom. The van der Waals surface area contributed by atoms with Crippen molar-refractivity contribution in [2.75, 3.05) is 20.3 Å². The van der Waals surface area contributed by atoms with Crippen molar-refractivity contribution < 1.29 is 57.4 Å². The summed E-state index contributed by atoms with van der Waals surface area (Å²) in [6.45, 7) is 7.01. The quantitative estimate of drug-likeness (QED) is 0.0921. The van der Waals surface area contributed by atoms with Gasteiger partial charge >= 0.3 is 23.9 Å². The van der Waals surface area contributed by atoms with Crippen molar-refractivity contribution in [2.45, 2.75) is 95.2 Å². The molecule has 2 aliphatic carbocycles. The minimum absolute atomic E-state index is 0.0940. The number of ether oxygens (including phenoxy) is 7. The number of carbonyl (C=O) groups is 4. The molecule has 0 unspecified atom stereocenters. The van der Waals surface area contributed by atoms with E-state index in [9.17, 15) is 29.5 Å². The molecule has 2 aromatic rings. The molecule has 0 amide bonds. The van der Waals surface area contributed by atoms with Gasteiger partial charge in [-0.15, -0.1) is 0 Å². The number of nitriles is 1. The zero-order valence-electron chi connectivity index (χ0n) is 31.1. The molecule has 294 valence electrons. The van der Waals surface area contributed by atoms with Crippen molar-refractivity contribution in [2.24, 2.45) is 11.8 Å². The SMILES string of the molecule is [C-]#[N+]/C(=C\c1ccc(OC(=O)C2CCCCC2)cc1OC)C(=O)O[C@@H]1CO[C@H]2[C@@H]1OC[C@@H]2OC(=O)/C(C#N)=C/c1ccc(OC(=O)C2CCCCC2)cc1CO. The number of hydrogen-bond donors (Lipinski definition) is 1. The first-order chi connectivity index (χ1) is 27.2. The molecule has 0 radical (unpaired) electrons. The van der Waals surface area contributed by atoms with E-state index in [1.807, 2.05) is 6.07 Å². The second-order valence-electron chi connectivity index (χ2n) is 14.2. The Hall–Kier alpha value is -5.54. The predicted octanol–water partition coefficient (Wildman–Crippen LogP) is 5.65. The second-order valence-corrected chi connectivity index (χ2v) is 14.2. The number of aliphatic hydroxyl groups is 1. The number of benzene rings is 2. The first-order valence-corrected chi connectivity index (χ1v) is 18.9. The van der Waals surface area contributed by atoms with Crippen LogP contribution >= 0.6 is 0 Å². The molecule has 1 N–H and O–H groups in total. The summed E-state index contributed by atoms with van der Waals surface area (Å²) in [5.41, 5.74) is 0.388. The predicted molar refractivity (Wildman–Crippen MR) is 197 cm³/mol. The summed E-state index contributed by atoms with van der Waals surface area (Å²) in [6, 6.07) is 11.1. The second kappa shape index (κ2) is 18.9. The molecule has 4 aliphatic rings. The van der Waals surface area contributed by atoms with Gasteiger partial charge in [-0.1, -0.05) is 44.6 Å². The van der Waals surface area contributed by atoms with Gasteiger partial charge in [-0.2, -0.15) is 5.26 Å². The summed E-state index contributed by atoms with van der Waals surface area (Å²) >= 11 is 0. The molecule has 6 rings (SSSR count). The Bertz CT molecular complexity index is 1810. The highest BCUT2D eigenvalue weighted by molar-refractivity contribution is 5.98. The maximum atomic E-state index is 13.2. The van der Waals surface area contributed by atoms with Crippen molar-refractivity contribution in [1.29, 1.82) is 5.26 Å². The lowest BCUT2D eigenvalue weighted by molar-refractivity contribution is -0.150. The highest BCUT2D eigenvalue weighted by Gasteiger charge is 2.51.